The van der Waals surface area contributed by atoms with Gasteiger partial charge in [0.1, 0.15) is 11.6 Å². The highest BCUT2D eigenvalue weighted by atomic mass is 19.3. The predicted octanol–water partition coefficient (Wildman–Crippen LogP) is 4.23. The van der Waals surface area contributed by atoms with Crippen LogP contribution in [0.5, 0.6) is 5.75 Å². The molecule has 1 aromatic heterocycles. The smallest absolute Gasteiger partial charge is 0.387 e. The number of aromatic nitrogens is 2. The molecule has 0 amide bonds. The van der Waals surface area contributed by atoms with Crippen molar-refractivity contribution in [1.82, 2.24) is 14.9 Å². The normalized spacial score (nSPS) is 15.9. The largest absolute Gasteiger partial charge is 0.434 e. The van der Waals surface area contributed by atoms with Gasteiger partial charge in [-0.15, -0.1) is 0 Å². The fraction of sp³-hybridized carbons (Fsp3) is 0.455. The molecule has 0 bridgehead atoms. The van der Waals surface area contributed by atoms with Gasteiger partial charge in [0.2, 0.25) is 0 Å². The summed E-state index contributed by atoms with van der Waals surface area (Å²) in [6, 6.07) is 3.17. The molecule has 6 nitrogen and oxygen atoms in total. The monoisotopic (exact) mass is 438 g/mol. The molecule has 3 rings (SSSR count). The van der Waals surface area contributed by atoms with Crippen molar-refractivity contribution in [1.29, 1.82) is 0 Å². The average molecular weight is 438 g/mol. The van der Waals surface area contributed by atoms with Crippen molar-refractivity contribution in [3.8, 4) is 5.75 Å². The van der Waals surface area contributed by atoms with Gasteiger partial charge in [-0.25, -0.2) is 9.18 Å². The van der Waals surface area contributed by atoms with Gasteiger partial charge < -0.3 is 15.0 Å². The van der Waals surface area contributed by atoms with Crippen molar-refractivity contribution >= 4 is 6.21 Å². The zero-order chi connectivity index (χ0) is 23.0. The van der Waals surface area contributed by atoms with Crippen molar-refractivity contribution in [2.45, 2.75) is 46.8 Å². The van der Waals surface area contributed by atoms with E-state index in [0.717, 1.165) is 24.1 Å². The molecule has 1 saturated heterocycles. The van der Waals surface area contributed by atoms with Crippen molar-refractivity contribution in [3.63, 3.8) is 0 Å². The Hall–Kier alpha value is -2.81. The molecule has 0 aliphatic carbocycles. The van der Waals surface area contributed by atoms with E-state index in [4.69, 9.17) is 0 Å². The summed E-state index contributed by atoms with van der Waals surface area (Å²) in [5, 5.41) is 3.32. The van der Waals surface area contributed by atoms with Gasteiger partial charge in [-0.05, 0) is 57.5 Å². The number of imidazole rings is 1. The Kier molecular flexibility index (Phi) is 9.11. The van der Waals surface area contributed by atoms with E-state index in [-0.39, 0.29) is 17.9 Å². The van der Waals surface area contributed by atoms with Crippen LogP contribution in [0.2, 0.25) is 0 Å². The highest BCUT2D eigenvalue weighted by Crippen LogP contribution is 2.23. The standard InChI is InChI=1S/C16H16F3N3O2.C6H13N/c1-9(2)20-7-13-10(3)22(16(23)21-13)8-11-6-12(17)4-5-14(11)24-15(18)19;1-2-6-3-4-7-5-6/h4-7,15H,1,8H2,2-3H3,(H,21,23);6-7H,2-5H2,1H3/t;6-/m.1/s1. The first kappa shape index (κ1) is 24.5. The summed E-state index contributed by atoms with van der Waals surface area (Å²) in [6.07, 6.45) is 4.20. The maximum atomic E-state index is 13.4. The molecule has 2 heterocycles. The second-order valence-electron chi connectivity index (χ2n) is 7.41. The van der Waals surface area contributed by atoms with Gasteiger partial charge >= 0.3 is 12.3 Å². The van der Waals surface area contributed by atoms with E-state index >= 15 is 0 Å². The van der Waals surface area contributed by atoms with Crippen LogP contribution < -0.4 is 15.7 Å². The number of nitrogens with zero attached hydrogens (tertiary/aromatic N) is 2. The number of rotatable bonds is 7. The van der Waals surface area contributed by atoms with Gasteiger partial charge in [0.05, 0.1) is 18.5 Å². The number of H-pyrrole nitrogens is 1. The van der Waals surface area contributed by atoms with Gasteiger partial charge in [-0.3, -0.25) is 9.56 Å². The van der Waals surface area contributed by atoms with E-state index in [2.05, 4.69) is 33.5 Å². The van der Waals surface area contributed by atoms with E-state index in [1.165, 1.54) is 36.7 Å². The van der Waals surface area contributed by atoms with Gasteiger partial charge in [-0.1, -0.05) is 19.9 Å². The van der Waals surface area contributed by atoms with Crippen LogP contribution in [0.25, 0.3) is 0 Å². The molecule has 1 aliphatic heterocycles. The Morgan fingerprint density at radius 2 is 2.19 bits per heavy atom. The quantitative estimate of drug-likeness (QED) is 0.636. The van der Waals surface area contributed by atoms with Crippen LogP contribution in [0.1, 0.15) is 43.6 Å². The minimum absolute atomic E-state index is 0.123. The number of hydrogen-bond donors (Lipinski definition) is 2. The number of alkyl halides is 2. The number of benzene rings is 1. The molecular weight excluding hydrogens is 409 g/mol. The van der Waals surface area contributed by atoms with Crippen LogP contribution in [0, 0.1) is 18.7 Å². The van der Waals surface area contributed by atoms with Crippen molar-refractivity contribution in [2.75, 3.05) is 13.1 Å². The van der Waals surface area contributed by atoms with E-state index in [1.807, 2.05) is 0 Å². The fourth-order valence-corrected chi connectivity index (χ4v) is 3.18. The number of nitrogens with one attached hydrogen (secondary N) is 2. The van der Waals surface area contributed by atoms with E-state index < -0.39 is 18.1 Å². The lowest BCUT2D eigenvalue weighted by Crippen LogP contribution is -2.19. The zero-order valence-electron chi connectivity index (χ0n) is 18.1. The number of allylic oxidation sites excluding steroid dienone is 1. The molecule has 9 heteroatoms. The van der Waals surface area contributed by atoms with E-state index in [1.54, 1.807) is 13.8 Å². The third-order valence-electron chi connectivity index (χ3n) is 5.00. The summed E-state index contributed by atoms with van der Waals surface area (Å²) in [6.45, 7) is 8.58. The number of hydrogen-bond acceptors (Lipinski definition) is 4. The van der Waals surface area contributed by atoms with Crippen LogP contribution in [-0.2, 0) is 6.54 Å². The summed E-state index contributed by atoms with van der Waals surface area (Å²) < 4.78 is 44.0. The predicted molar refractivity (Wildman–Crippen MR) is 116 cm³/mol. The zero-order valence-corrected chi connectivity index (χ0v) is 18.1. The Labute approximate surface area is 179 Å². The van der Waals surface area contributed by atoms with Gasteiger partial charge in [-0.2, -0.15) is 8.78 Å². The first-order valence-corrected chi connectivity index (χ1v) is 10.1. The van der Waals surface area contributed by atoms with Gasteiger partial charge in [0, 0.05) is 17.0 Å². The fourth-order valence-electron chi connectivity index (χ4n) is 3.18. The van der Waals surface area contributed by atoms with Crippen LogP contribution >= 0.6 is 0 Å². The lowest BCUT2D eigenvalue weighted by molar-refractivity contribution is -0.0505. The molecule has 31 heavy (non-hydrogen) atoms. The molecule has 0 saturated carbocycles. The SMILES string of the molecule is C=C(C)N=Cc1[nH]c(=O)n(Cc2cc(F)ccc2OC(F)F)c1C.CC[C@@H]1CCNC1. The second-order valence-corrected chi connectivity index (χ2v) is 7.41. The van der Waals surface area contributed by atoms with Crippen molar-refractivity contribution < 1.29 is 17.9 Å². The lowest BCUT2D eigenvalue weighted by atomic mass is 10.1. The van der Waals surface area contributed by atoms with Crippen LogP contribution in [0.3, 0.4) is 0 Å². The van der Waals surface area contributed by atoms with Crippen LogP contribution in [-0.4, -0.2) is 35.5 Å². The molecule has 2 aromatic rings. The maximum Gasteiger partial charge on any atom is 0.387 e. The Bertz CT molecular complexity index is 960. The first-order chi connectivity index (χ1) is 14.7. The van der Waals surface area contributed by atoms with E-state index in [0.29, 0.717) is 17.1 Å². The molecule has 1 fully saturated rings. The van der Waals surface area contributed by atoms with Crippen LogP contribution in [0.4, 0.5) is 13.2 Å². The molecular formula is C22H29F3N4O2. The van der Waals surface area contributed by atoms with Crippen LogP contribution in [0.15, 0.2) is 40.3 Å². The third-order valence-corrected chi connectivity index (χ3v) is 5.00. The highest BCUT2D eigenvalue weighted by molar-refractivity contribution is 5.79. The number of halogens is 3. The summed E-state index contributed by atoms with van der Waals surface area (Å²) in [5.41, 5.74) is 1.19. The van der Waals surface area contributed by atoms with E-state index in [9.17, 15) is 18.0 Å². The summed E-state index contributed by atoms with van der Waals surface area (Å²) in [7, 11) is 0. The number of ether oxygens (including phenoxy) is 1. The molecule has 0 spiro atoms. The summed E-state index contributed by atoms with van der Waals surface area (Å²) in [5.74, 6) is 0.188. The Morgan fingerprint density at radius 3 is 2.74 bits per heavy atom. The molecule has 1 aliphatic rings. The molecule has 170 valence electrons. The molecule has 0 unspecified atom stereocenters. The Morgan fingerprint density at radius 1 is 1.45 bits per heavy atom. The highest BCUT2D eigenvalue weighted by Gasteiger charge is 2.15. The minimum atomic E-state index is -3.04. The van der Waals surface area contributed by atoms with Gasteiger partial charge in [0.15, 0.2) is 0 Å². The number of aliphatic imine (C=N–C) groups is 1. The second kappa shape index (κ2) is 11.5. The topological polar surface area (TPSA) is 71.4 Å². The van der Waals surface area contributed by atoms with Crippen molar-refractivity contribution in [2.24, 2.45) is 10.9 Å². The first-order valence-electron chi connectivity index (χ1n) is 10.1. The summed E-state index contributed by atoms with van der Waals surface area (Å²) >= 11 is 0. The number of aromatic amines is 1. The molecule has 0 radical (unpaired) electrons. The Balaban J connectivity index is 0.000000412. The summed E-state index contributed by atoms with van der Waals surface area (Å²) in [4.78, 5) is 18.7. The third kappa shape index (κ3) is 7.43. The average Bonchev–Trinajstić information content (AvgIpc) is 3.32. The molecule has 2 N–H and O–H groups in total. The van der Waals surface area contributed by atoms with Gasteiger partial charge in [0.25, 0.3) is 0 Å². The minimum Gasteiger partial charge on any atom is -0.434 e. The maximum absolute atomic E-state index is 13.4. The lowest BCUT2D eigenvalue weighted by Gasteiger charge is -2.12. The molecule has 1 aromatic carbocycles. The molecule has 1 atom stereocenters. The van der Waals surface area contributed by atoms with Crippen molar-refractivity contribution in [3.05, 3.63) is 63.7 Å².